The first kappa shape index (κ1) is 17.4. The number of β-amino-alcohol motifs (C(OH)–C–C–N with tert-alkyl or cyclic N) is 1. The number of hydrogen-bond acceptors (Lipinski definition) is 4. The number of hydrogen-bond donors (Lipinski definition) is 2. The van der Waals surface area contributed by atoms with Crippen molar-refractivity contribution in [2.75, 3.05) is 39.4 Å². The van der Waals surface area contributed by atoms with Gasteiger partial charge in [0.1, 0.15) is 0 Å². The molecule has 0 aromatic heterocycles. The third kappa shape index (κ3) is 4.35. The molecule has 2 fully saturated rings. The molecule has 1 aliphatic carbocycles. The number of nitrogens with one attached hydrogen (secondary N) is 1. The standard InChI is InChI=1S/C19H28N2O3/c1-14-5-3-4-6-15(14)16-11-17(16)18(22)20-12-19(2,23)13-21-7-9-24-10-8-21/h3-6,16-17,23H,7-13H2,1-2H3,(H,20,22)/t16-,17-,19+/m0/s1. The molecule has 0 bridgehead atoms. The molecule has 1 saturated heterocycles. The van der Waals surface area contributed by atoms with E-state index < -0.39 is 5.60 Å². The first-order valence-corrected chi connectivity index (χ1v) is 8.82. The van der Waals surface area contributed by atoms with Crippen LogP contribution in [0.5, 0.6) is 0 Å². The summed E-state index contributed by atoms with van der Waals surface area (Å²) in [5.41, 5.74) is 1.61. The van der Waals surface area contributed by atoms with Crippen molar-refractivity contribution in [3.8, 4) is 0 Å². The molecule has 3 atom stereocenters. The van der Waals surface area contributed by atoms with Crippen molar-refractivity contribution in [3.63, 3.8) is 0 Å². The molecule has 24 heavy (non-hydrogen) atoms. The summed E-state index contributed by atoms with van der Waals surface area (Å²) in [6, 6.07) is 8.26. The van der Waals surface area contributed by atoms with Gasteiger partial charge < -0.3 is 15.2 Å². The summed E-state index contributed by atoms with van der Waals surface area (Å²) >= 11 is 0. The molecular weight excluding hydrogens is 304 g/mol. The summed E-state index contributed by atoms with van der Waals surface area (Å²) < 4.78 is 5.32. The Morgan fingerprint density at radius 1 is 1.38 bits per heavy atom. The number of amides is 1. The normalized spacial score (nSPS) is 26.6. The Bertz CT molecular complexity index is 582. The molecule has 1 heterocycles. The highest BCUT2D eigenvalue weighted by molar-refractivity contribution is 5.83. The predicted octanol–water partition coefficient (Wildman–Crippen LogP) is 1.30. The van der Waals surface area contributed by atoms with Gasteiger partial charge in [-0.15, -0.1) is 0 Å². The van der Waals surface area contributed by atoms with Gasteiger partial charge in [-0.05, 0) is 37.3 Å². The number of benzene rings is 1. The fourth-order valence-electron chi connectivity index (χ4n) is 3.54. The van der Waals surface area contributed by atoms with Crippen LogP contribution in [0.2, 0.25) is 0 Å². The summed E-state index contributed by atoms with van der Waals surface area (Å²) in [5, 5.41) is 13.5. The molecule has 5 heteroatoms. The van der Waals surface area contributed by atoms with Crippen molar-refractivity contribution in [3.05, 3.63) is 35.4 Å². The molecule has 2 N–H and O–H groups in total. The molecule has 132 valence electrons. The zero-order chi connectivity index (χ0) is 17.2. The van der Waals surface area contributed by atoms with E-state index in [0.29, 0.717) is 32.2 Å². The Labute approximate surface area is 144 Å². The quantitative estimate of drug-likeness (QED) is 0.824. The second kappa shape index (κ2) is 7.21. The summed E-state index contributed by atoms with van der Waals surface area (Å²) in [4.78, 5) is 14.6. The summed E-state index contributed by atoms with van der Waals surface area (Å²) in [5.74, 6) is 0.436. The second-order valence-electron chi connectivity index (χ2n) is 7.41. The van der Waals surface area contributed by atoms with Crippen molar-refractivity contribution in [1.29, 1.82) is 0 Å². The van der Waals surface area contributed by atoms with E-state index in [1.165, 1.54) is 11.1 Å². The van der Waals surface area contributed by atoms with E-state index in [2.05, 4.69) is 29.3 Å². The van der Waals surface area contributed by atoms with E-state index in [9.17, 15) is 9.90 Å². The van der Waals surface area contributed by atoms with Gasteiger partial charge in [-0.1, -0.05) is 24.3 Å². The Morgan fingerprint density at radius 3 is 2.79 bits per heavy atom. The number of ether oxygens (including phenoxy) is 1. The number of carbonyl (C=O) groups is 1. The minimum Gasteiger partial charge on any atom is -0.387 e. The van der Waals surface area contributed by atoms with Crippen LogP contribution in [0.15, 0.2) is 24.3 Å². The van der Waals surface area contributed by atoms with Crippen molar-refractivity contribution in [2.45, 2.75) is 31.8 Å². The number of carbonyl (C=O) groups excluding carboxylic acids is 1. The van der Waals surface area contributed by atoms with Crippen LogP contribution in [0, 0.1) is 12.8 Å². The average Bonchev–Trinajstić information content (AvgIpc) is 3.34. The molecule has 1 aliphatic heterocycles. The lowest BCUT2D eigenvalue weighted by atomic mass is 10.0. The topological polar surface area (TPSA) is 61.8 Å². The minimum absolute atomic E-state index is 0.0466. The van der Waals surface area contributed by atoms with E-state index in [0.717, 1.165) is 19.5 Å². The van der Waals surface area contributed by atoms with Crippen LogP contribution in [0.3, 0.4) is 0 Å². The number of morpholine rings is 1. The van der Waals surface area contributed by atoms with Gasteiger partial charge in [0.25, 0.3) is 0 Å². The van der Waals surface area contributed by atoms with Gasteiger partial charge in [0.05, 0.1) is 18.8 Å². The van der Waals surface area contributed by atoms with Crippen molar-refractivity contribution in [1.82, 2.24) is 10.2 Å². The molecular formula is C19H28N2O3. The highest BCUT2D eigenvalue weighted by Gasteiger charge is 2.44. The minimum atomic E-state index is -0.917. The zero-order valence-electron chi connectivity index (χ0n) is 14.6. The maximum Gasteiger partial charge on any atom is 0.223 e. The van der Waals surface area contributed by atoms with Crippen LogP contribution in [0.4, 0.5) is 0 Å². The molecule has 1 amide bonds. The molecule has 1 saturated carbocycles. The SMILES string of the molecule is Cc1ccccc1[C@@H]1C[C@@H]1C(=O)NC[C@@](C)(O)CN1CCOCC1. The fraction of sp³-hybridized carbons (Fsp3) is 0.632. The first-order valence-electron chi connectivity index (χ1n) is 8.82. The third-order valence-electron chi connectivity index (χ3n) is 5.03. The van der Waals surface area contributed by atoms with Crippen LogP contribution < -0.4 is 5.32 Å². The van der Waals surface area contributed by atoms with Gasteiger partial charge in [0, 0.05) is 32.1 Å². The summed E-state index contributed by atoms with van der Waals surface area (Å²) in [6.45, 7) is 7.82. The smallest absolute Gasteiger partial charge is 0.223 e. The van der Waals surface area contributed by atoms with E-state index in [4.69, 9.17) is 4.74 Å². The van der Waals surface area contributed by atoms with Crippen LogP contribution in [-0.2, 0) is 9.53 Å². The second-order valence-corrected chi connectivity index (χ2v) is 7.41. The molecule has 2 aliphatic rings. The monoisotopic (exact) mass is 332 g/mol. The van der Waals surface area contributed by atoms with Crippen molar-refractivity contribution < 1.29 is 14.6 Å². The van der Waals surface area contributed by atoms with Crippen molar-refractivity contribution >= 4 is 5.91 Å². The van der Waals surface area contributed by atoms with Gasteiger partial charge in [-0.25, -0.2) is 0 Å². The highest BCUT2D eigenvalue weighted by Crippen LogP contribution is 2.48. The van der Waals surface area contributed by atoms with Crippen molar-refractivity contribution in [2.24, 2.45) is 5.92 Å². The zero-order valence-corrected chi connectivity index (χ0v) is 14.6. The maximum absolute atomic E-state index is 12.4. The van der Waals surface area contributed by atoms with E-state index in [1.54, 1.807) is 6.92 Å². The van der Waals surface area contributed by atoms with Gasteiger partial charge in [0.2, 0.25) is 5.91 Å². The molecule has 1 aromatic carbocycles. The fourth-order valence-corrected chi connectivity index (χ4v) is 3.54. The molecule has 5 nitrogen and oxygen atoms in total. The van der Waals surface area contributed by atoms with Crippen LogP contribution in [0.1, 0.15) is 30.4 Å². The van der Waals surface area contributed by atoms with Crippen LogP contribution in [0.25, 0.3) is 0 Å². The predicted molar refractivity (Wildman–Crippen MR) is 92.9 cm³/mol. The molecule has 0 radical (unpaired) electrons. The number of rotatable bonds is 6. The molecule has 0 unspecified atom stereocenters. The summed E-state index contributed by atoms with van der Waals surface area (Å²) in [7, 11) is 0. The number of aryl methyl sites for hydroxylation is 1. The first-order chi connectivity index (χ1) is 11.5. The van der Waals surface area contributed by atoms with Gasteiger partial charge >= 0.3 is 0 Å². The number of aliphatic hydroxyl groups is 1. The Hall–Kier alpha value is -1.43. The maximum atomic E-state index is 12.4. The van der Waals surface area contributed by atoms with Gasteiger partial charge in [-0.2, -0.15) is 0 Å². The summed E-state index contributed by atoms with van der Waals surface area (Å²) in [6.07, 6.45) is 0.905. The Balaban J connectivity index is 1.46. The van der Waals surface area contributed by atoms with Crippen LogP contribution in [-0.4, -0.2) is 60.9 Å². The number of nitrogens with zero attached hydrogens (tertiary/aromatic N) is 1. The molecule has 0 spiro atoms. The van der Waals surface area contributed by atoms with E-state index in [1.807, 2.05) is 12.1 Å². The Morgan fingerprint density at radius 2 is 2.08 bits per heavy atom. The third-order valence-corrected chi connectivity index (χ3v) is 5.03. The molecule has 3 rings (SSSR count). The lowest BCUT2D eigenvalue weighted by Crippen LogP contribution is -2.51. The largest absolute Gasteiger partial charge is 0.387 e. The van der Waals surface area contributed by atoms with E-state index in [-0.39, 0.29) is 11.8 Å². The highest BCUT2D eigenvalue weighted by atomic mass is 16.5. The van der Waals surface area contributed by atoms with E-state index >= 15 is 0 Å². The molecule has 1 aromatic rings. The lowest BCUT2D eigenvalue weighted by molar-refractivity contribution is -0.123. The average molecular weight is 332 g/mol. The lowest BCUT2D eigenvalue weighted by Gasteiger charge is -2.33. The van der Waals surface area contributed by atoms with Crippen LogP contribution >= 0.6 is 0 Å². The van der Waals surface area contributed by atoms with Gasteiger partial charge in [-0.3, -0.25) is 9.69 Å². The van der Waals surface area contributed by atoms with Gasteiger partial charge in [0.15, 0.2) is 0 Å². The Kier molecular flexibility index (Phi) is 5.23.